The van der Waals surface area contributed by atoms with Crippen LogP contribution in [-0.4, -0.2) is 42.0 Å². The Labute approximate surface area is 155 Å². The molecule has 0 bridgehead atoms. The van der Waals surface area contributed by atoms with E-state index in [1.54, 1.807) is 36.7 Å². The number of aliphatic hydroxyl groups excluding tert-OH is 1. The fourth-order valence-electron chi connectivity index (χ4n) is 3.01. The van der Waals surface area contributed by atoms with Gasteiger partial charge in [0.1, 0.15) is 5.75 Å². The maximum absolute atomic E-state index is 12.4. The molecule has 1 aromatic carbocycles. The molecule has 9 heteroatoms. The van der Waals surface area contributed by atoms with Crippen LogP contribution in [0.1, 0.15) is 17.2 Å². The SMILES string of the molecule is Cc1cc([C@@H](O)CNCCn2cnc3c2c(=O)n(C)c(=O)n3C)ccc1O. The largest absolute Gasteiger partial charge is 0.508 e. The summed E-state index contributed by atoms with van der Waals surface area (Å²) in [5.41, 5.74) is 1.35. The summed E-state index contributed by atoms with van der Waals surface area (Å²) in [5, 5.41) is 23.0. The predicted octanol–water partition coefficient (Wildman–Crippen LogP) is -0.229. The number of rotatable bonds is 6. The number of phenolic OH excluding ortho intramolecular Hbond substituents is 1. The number of nitrogens with zero attached hydrogens (tertiary/aromatic N) is 4. The molecule has 27 heavy (non-hydrogen) atoms. The monoisotopic (exact) mass is 373 g/mol. The second-order valence-electron chi connectivity index (χ2n) is 6.58. The van der Waals surface area contributed by atoms with Crippen LogP contribution in [0.3, 0.4) is 0 Å². The third-order valence-corrected chi connectivity index (χ3v) is 4.69. The fraction of sp³-hybridized carbons (Fsp3) is 0.389. The number of nitrogens with one attached hydrogen (secondary N) is 1. The number of aliphatic hydroxyl groups is 1. The molecule has 3 rings (SSSR count). The molecule has 144 valence electrons. The molecule has 0 aliphatic rings. The Balaban J connectivity index is 1.67. The lowest BCUT2D eigenvalue weighted by Crippen LogP contribution is -2.37. The summed E-state index contributed by atoms with van der Waals surface area (Å²) in [6.07, 6.45) is 0.824. The van der Waals surface area contributed by atoms with Crippen molar-refractivity contribution in [1.29, 1.82) is 0 Å². The lowest BCUT2D eigenvalue weighted by atomic mass is 10.1. The molecule has 0 aliphatic carbocycles. The summed E-state index contributed by atoms with van der Waals surface area (Å²) in [6.45, 7) is 3.07. The fourth-order valence-corrected chi connectivity index (χ4v) is 3.01. The zero-order valence-electron chi connectivity index (χ0n) is 15.5. The molecule has 2 heterocycles. The van der Waals surface area contributed by atoms with Crippen LogP contribution < -0.4 is 16.6 Å². The maximum Gasteiger partial charge on any atom is 0.332 e. The Kier molecular flexibility index (Phi) is 5.15. The van der Waals surface area contributed by atoms with E-state index >= 15 is 0 Å². The van der Waals surface area contributed by atoms with Crippen LogP contribution in [0.5, 0.6) is 5.75 Å². The van der Waals surface area contributed by atoms with Gasteiger partial charge in [-0.2, -0.15) is 0 Å². The van der Waals surface area contributed by atoms with Gasteiger partial charge in [0.15, 0.2) is 11.2 Å². The average molecular weight is 373 g/mol. The van der Waals surface area contributed by atoms with Crippen LogP contribution in [0.2, 0.25) is 0 Å². The van der Waals surface area contributed by atoms with E-state index in [2.05, 4.69) is 10.3 Å². The number of fused-ring (bicyclic) bond motifs is 1. The second-order valence-corrected chi connectivity index (χ2v) is 6.58. The van der Waals surface area contributed by atoms with Gasteiger partial charge in [0, 0.05) is 33.7 Å². The molecule has 0 fully saturated rings. The van der Waals surface area contributed by atoms with Crippen molar-refractivity contribution < 1.29 is 10.2 Å². The summed E-state index contributed by atoms with van der Waals surface area (Å²) in [6, 6.07) is 4.99. The molecule has 0 aliphatic heterocycles. The van der Waals surface area contributed by atoms with E-state index in [4.69, 9.17) is 0 Å². The van der Waals surface area contributed by atoms with Gasteiger partial charge in [-0.3, -0.25) is 13.9 Å². The van der Waals surface area contributed by atoms with E-state index in [0.29, 0.717) is 36.4 Å². The Morgan fingerprint density at radius 2 is 1.96 bits per heavy atom. The lowest BCUT2D eigenvalue weighted by Gasteiger charge is -2.14. The summed E-state index contributed by atoms with van der Waals surface area (Å²) >= 11 is 0. The van der Waals surface area contributed by atoms with Crippen LogP contribution >= 0.6 is 0 Å². The zero-order chi connectivity index (χ0) is 19.7. The van der Waals surface area contributed by atoms with Gasteiger partial charge in [-0.1, -0.05) is 6.07 Å². The van der Waals surface area contributed by atoms with Crippen LogP contribution in [0.15, 0.2) is 34.1 Å². The van der Waals surface area contributed by atoms with E-state index < -0.39 is 11.8 Å². The number of aromatic nitrogens is 4. The van der Waals surface area contributed by atoms with Crippen molar-refractivity contribution in [3.8, 4) is 5.75 Å². The number of benzene rings is 1. The highest BCUT2D eigenvalue weighted by Crippen LogP contribution is 2.21. The van der Waals surface area contributed by atoms with Gasteiger partial charge in [0.2, 0.25) is 0 Å². The molecule has 1 atom stereocenters. The number of hydrogen-bond acceptors (Lipinski definition) is 6. The summed E-state index contributed by atoms with van der Waals surface area (Å²) in [5.74, 6) is 0.196. The minimum absolute atomic E-state index is 0.196. The molecular formula is C18H23N5O4. The predicted molar refractivity (Wildman–Crippen MR) is 101 cm³/mol. The Morgan fingerprint density at radius 3 is 2.67 bits per heavy atom. The third kappa shape index (κ3) is 3.51. The first-order chi connectivity index (χ1) is 12.8. The Hall–Kier alpha value is -2.91. The van der Waals surface area contributed by atoms with Crippen molar-refractivity contribution in [3.63, 3.8) is 0 Å². The van der Waals surface area contributed by atoms with Crippen LogP contribution in [0.4, 0.5) is 0 Å². The van der Waals surface area contributed by atoms with Gasteiger partial charge in [-0.05, 0) is 30.2 Å². The molecule has 0 spiro atoms. The van der Waals surface area contributed by atoms with Gasteiger partial charge in [-0.25, -0.2) is 9.78 Å². The van der Waals surface area contributed by atoms with Crippen molar-refractivity contribution in [2.45, 2.75) is 19.6 Å². The van der Waals surface area contributed by atoms with Gasteiger partial charge in [0.25, 0.3) is 5.56 Å². The molecule has 0 saturated carbocycles. The highest BCUT2D eigenvalue weighted by Gasteiger charge is 2.14. The van der Waals surface area contributed by atoms with Gasteiger partial charge in [-0.15, -0.1) is 0 Å². The van der Waals surface area contributed by atoms with E-state index in [0.717, 1.165) is 10.1 Å². The second kappa shape index (κ2) is 7.37. The third-order valence-electron chi connectivity index (χ3n) is 4.69. The smallest absolute Gasteiger partial charge is 0.332 e. The van der Waals surface area contributed by atoms with E-state index in [1.807, 2.05) is 0 Å². The molecule has 0 saturated heterocycles. The topological polar surface area (TPSA) is 114 Å². The number of imidazole rings is 1. The van der Waals surface area contributed by atoms with E-state index in [1.165, 1.54) is 17.9 Å². The lowest BCUT2D eigenvalue weighted by molar-refractivity contribution is 0.174. The molecule has 2 aromatic heterocycles. The molecule has 3 N–H and O–H groups in total. The van der Waals surface area contributed by atoms with Crippen LogP contribution in [0.25, 0.3) is 11.2 Å². The van der Waals surface area contributed by atoms with Crippen LogP contribution in [-0.2, 0) is 20.6 Å². The molecule has 3 aromatic rings. The molecule has 9 nitrogen and oxygen atoms in total. The van der Waals surface area contributed by atoms with Gasteiger partial charge in [0.05, 0.1) is 12.4 Å². The molecule has 0 radical (unpaired) electrons. The van der Waals surface area contributed by atoms with Gasteiger partial charge >= 0.3 is 5.69 Å². The number of aryl methyl sites for hydroxylation is 2. The molecule has 0 amide bonds. The highest BCUT2D eigenvalue weighted by molar-refractivity contribution is 5.69. The standard InChI is InChI=1S/C18H23N5O4/c1-11-8-12(4-5-13(11)24)14(25)9-19-6-7-23-10-20-16-15(23)17(26)22(3)18(27)21(16)2/h4-5,8,10,14,19,24-25H,6-7,9H2,1-3H3/t14-/m0/s1. The minimum atomic E-state index is -0.711. The first-order valence-electron chi connectivity index (χ1n) is 8.60. The van der Waals surface area contributed by atoms with Gasteiger partial charge < -0.3 is 20.1 Å². The normalized spacial score (nSPS) is 12.6. The first kappa shape index (κ1) is 18.9. The maximum atomic E-state index is 12.4. The zero-order valence-corrected chi connectivity index (χ0v) is 15.5. The molecule has 0 unspecified atom stereocenters. The summed E-state index contributed by atoms with van der Waals surface area (Å²) < 4.78 is 4.10. The van der Waals surface area contributed by atoms with Crippen molar-refractivity contribution in [2.75, 3.05) is 13.1 Å². The minimum Gasteiger partial charge on any atom is -0.508 e. The summed E-state index contributed by atoms with van der Waals surface area (Å²) in [7, 11) is 3.02. The van der Waals surface area contributed by atoms with Crippen LogP contribution in [0, 0.1) is 6.92 Å². The number of aromatic hydroxyl groups is 1. The number of hydrogen-bond donors (Lipinski definition) is 3. The number of phenols is 1. The van der Waals surface area contributed by atoms with E-state index in [9.17, 15) is 19.8 Å². The highest BCUT2D eigenvalue weighted by atomic mass is 16.3. The van der Waals surface area contributed by atoms with Crippen molar-refractivity contribution in [2.24, 2.45) is 14.1 Å². The molecular weight excluding hydrogens is 350 g/mol. The van der Waals surface area contributed by atoms with E-state index in [-0.39, 0.29) is 11.3 Å². The Morgan fingerprint density at radius 1 is 1.22 bits per heavy atom. The van der Waals surface area contributed by atoms with Crippen molar-refractivity contribution in [3.05, 3.63) is 56.5 Å². The first-order valence-corrected chi connectivity index (χ1v) is 8.60. The average Bonchev–Trinajstić information content (AvgIpc) is 3.08. The van der Waals surface area contributed by atoms with Crippen molar-refractivity contribution in [1.82, 2.24) is 24.0 Å². The quantitative estimate of drug-likeness (QED) is 0.515. The van der Waals surface area contributed by atoms with Crippen molar-refractivity contribution >= 4 is 11.2 Å². The Bertz CT molecular complexity index is 1100. The summed E-state index contributed by atoms with van der Waals surface area (Å²) in [4.78, 5) is 28.5.